The smallest absolute Gasteiger partial charge is 0.143 e. The van der Waals surface area contributed by atoms with Crippen LogP contribution in [0.2, 0.25) is 0 Å². The summed E-state index contributed by atoms with van der Waals surface area (Å²) in [5, 5.41) is 6.65. The molecule has 0 radical (unpaired) electrons. The van der Waals surface area contributed by atoms with Crippen LogP contribution in [0.4, 0.5) is 5.69 Å². The molecule has 2 heterocycles. The highest BCUT2D eigenvalue weighted by molar-refractivity contribution is 7.10. The van der Waals surface area contributed by atoms with E-state index in [1.54, 1.807) is 18.4 Å². The van der Waals surface area contributed by atoms with Crippen LogP contribution in [0.25, 0.3) is 11.3 Å². The lowest BCUT2D eigenvalue weighted by Crippen LogP contribution is -2.39. The van der Waals surface area contributed by atoms with Crippen LogP contribution < -0.4 is 14.8 Å². The summed E-state index contributed by atoms with van der Waals surface area (Å²) in [5.41, 5.74) is 4.09. The van der Waals surface area contributed by atoms with E-state index >= 15 is 0 Å². The van der Waals surface area contributed by atoms with Gasteiger partial charge in [-0.3, -0.25) is 0 Å². The Hall–Kier alpha value is -2.53. The third kappa shape index (κ3) is 3.40. The van der Waals surface area contributed by atoms with Crippen LogP contribution in [0.15, 0.2) is 47.8 Å². The molecular formula is C21H22N2O2S. The molecule has 5 heteroatoms. The van der Waals surface area contributed by atoms with Gasteiger partial charge in [0.05, 0.1) is 30.0 Å². The molecule has 4 rings (SSSR count). The Morgan fingerprint density at radius 1 is 1.23 bits per heavy atom. The predicted octanol–water partition coefficient (Wildman–Crippen LogP) is 4.99. The first-order valence-corrected chi connectivity index (χ1v) is 9.56. The van der Waals surface area contributed by atoms with Crippen LogP contribution in [0.3, 0.4) is 0 Å². The second-order valence-corrected chi connectivity index (χ2v) is 7.98. The molecule has 0 saturated carbocycles. The number of benzene rings is 2. The molecule has 1 N–H and O–H groups in total. The maximum atomic E-state index is 6.03. The van der Waals surface area contributed by atoms with Gasteiger partial charge in [-0.2, -0.15) is 0 Å². The number of fused-ring (bicyclic) bond motifs is 1. The maximum Gasteiger partial charge on any atom is 0.143 e. The molecule has 0 aliphatic carbocycles. The van der Waals surface area contributed by atoms with Crippen molar-refractivity contribution in [3.63, 3.8) is 0 Å². The number of thiazole rings is 1. The molecule has 2 aromatic carbocycles. The fourth-order valence-corrected chi connectivity index (χ4v) is 3.92. The molecule has 0 bridgehead atoms. The van der Waals surface area contributed by atoms with E-state index in [0.717, 1.165) is 52.0 Å². The van der Waals surface area contributed by atoms with Crippen molar-refractivity contribution in [3.8, 4) is 22.8 Å². The fourth-order valence-electron chi connectivity index (χ4n) is 3.09. The molecule has 0 amide bonds. The first-order valence-electron chi connectivity index (χ1n) is 8.68. The van der Waals surface area contributed by atoms with Crippen molar-refractivity contribution in [1.82, 2.24) is 4.98 Å². The Morgan fingerprint density at radius 2 is 2.08 bits per heavy atom. The number of nitrogens with one attached hydrogen (secondary N) is 1. The molecule has 4 nitrogen and oxygen atoms in total. The predicted molar refractivity (Wildman–Crippen MR) is 107 cm³/mol. The minimum Gasteiger partial charge on any atom is -0.496 e. The lowest BCUT2D eigenvalue weighted by atomic mass is 10.1. The standard InChI is InChI=1S/C21H22N2O2S/c1-21(2)13-22-16-10-14(8-9-19(16)25-21)17-12-26-20(23-17)11-15-6-4-5-7-18(15)24-3/h4-10,12,22H,11,13H2,1-3H3. The van der Waals surface area contributed by atoms with Crippen molar-refractivity contribution >= 4 is 17.0 Å². The van der Waals surface area contributed by atoms with Gasteiger partial charge >= 0.3 is 0 Å². The molecule has 0 spiro atoms. The summed E-state index contributed by atoms with van der Waals surface area (Å²) in [6, 6.07) is 14.3. The topological polar surface area (TPSA) is 43.4 Å². The number of nitrogens with zero attached hydrogens (tertiary/aromatic N) is 1. The molecule has 0 fully saturated rings. The monoisotopic (exact) mass is 366 g/mol. The Labute approximate surface area is 157 Å². The third-order valence-electron chi connectivity index (χ3n) is 4.45. The second-order valence-electron chi connectivity index (χ2n) is 7.04. The van der Waals surface area contributed by atoms with E-state index in [1.165, 1.54) is 0 Å². The highest BCUT2D eigenvalue weighted by atomic mass is 32.1. The van der Waals surface area contributed by atoms with E-state index < -0.39 is 0 Å². The van der Waals surface area contributed by atoms with Gasteiger partial charge in [0.15, 0.2) is 0 Å². The van der Waals surface area contributed by atoms with Crippen LogP contribution in [-0.2, 0) is 6.42 Å². The van der Waals surface area contributed by atoms with Crippen LogP contribution in [0, 0.1) is 0 Å². The zero-order chi connectivity index (χ0) is 18.1. The largest absolute Gasteiger partial charge is 0.496 e. The van der Waals surface area contributed by atoms with Crippen LogP contribution in [0.5, 0.6) is 11.5 Å². The van der Waals surface area contributed by atoms with Gasteiger partial charge in [-0.15, -0.1) is 11.3 Å². The number of aromatic nitrogens is 1. The van der Waals surface area contributed by atoms with Crippen LogP contribution >= 0.6 is 11.3 Å². The van der Waals surface area contributed by atoms with E-state index in [-0.39, 0.29) is 5.60 Å². The molecule has 134 valence electrons. The average molecular weight is 366 g/mol. The minimum atomic E-state index is -0.183. The van der Waals surface area contributed by atoms with Crippen molar-refractivity contribution in [2.45, 2.75) is 25.9 Å². The van der Waals surface area contributed by atoms with E-state index in [1.807, 2.05) is 24.3 Å². The summed E-state index contributed by atoms with van der Waals surface area (Å²) in [5.74, 6) is 1.80. The van der Waals surface area contributed by atoms with Crippen molar-refractivity contribution in [2.24, 2.45) is 0 Å². The first kappa shape index (κ1) is 16.9. The maximum absolute atomic E-state index is 6.03. The molecule has 0 unspecified atom stereocenters. The van der Waals surface area contributed by atoms with Crippen LogP contribution in [-0.4, -0.2) is 24.2 Å². The van der Waals surface area contributed by atoms with E-state index in [4.69, 9.17) is 14.5 Å². The summed E-state index contributed by atoms with van der Waals surface area (Å²) in [4.78, 5) is 4.82. The van der Waals surface area contributed by atoms with Crippen molar-refractivity contribution in [3.05, 3.63) is 58.4 Å². The Balaban J connectivity index is 1.57. The lowest BCUT2D eigenvalue weighted by Gasteiger charge is -2.33. The third-order valence-corrected chi connectivity index (χ3v) is 5.30. The van der Waals surface area contributed by atoms with E-state index in [2.05, 4.69) is 42.7 Å². The number of hydrogen-bond acceptors (Lipinski definition) is 5. The van der Waals surface area contributed by atoms with Gasteiger partial charge in [-0.05, 0) is 38.1 Å². The van der Waals surface area contributed by atoms with Gasteiger partial charge in [0.2, 0.25) is 0 Å². The second kappa shape index (κ2) is 6.65. The Kier molecular flexibility index (Phi) is 4.32. The van der Waals surface area contributed by atoms with Gasteiger partial charge in [0.1, 0.15) is 17.1 Å². The van der Waals surface area contributed by atoms with Gasteiger partial charge in [-0.25, -0.2) is 4.98 Å². The molecule has 1 aliphatic rings. The van der Waals surface area contributed by atoms with Gasteiger partial charge in [0, 0.05) is 22.9 Å². The lowest BCUT2D eigenvalue weighted by molar-refractivity contribution is 0.116. The molecule has 3 aromatic rings. The number of methoxy groups -OCH3 is 1. The van der Waals surface area contributed by atoms with Gasteiger partial charge < -0.3 is 14.8 Å². The summed E-state index contributed by atoms with van der Waals surface area (Å²) >= 11 is 1.68. The highest BCUT2D eigenvalue weighted by Gasteiger charge is 2.26. The molecule has 1 aromatic heterocycles. The van der Waals surface area contributed by atoms with Gasteiger partial charge in [-0.1, -0.05) is 18.2 Å². The summed E-state index contributed by atoms with van der Waals surface area (Å²) in [7, 11) is 1.70. The van der Waals surface area contributed by atoms with Crippen molar-refractivity contribution in [1.29, 1.82) is 0 Å². The fraction of sp³-hybridized carbons (Fsp3) is 0.286. The molecule has 0 saturated heterocycles. The number of anilines is 1. The molecule has 1 aliphatic heterocycles. The highest BCUT2D eigenvalue weighted by Crippen LogP contribution is 2.36. The zero-order valence-electron chi connectivity index (χ0n) is 15.2. The summed E-state index contributed by atoms with van der Waals surface area (Å²) < 4.78 is 11.5. The van der Waals surface area contributed by atoms with Crippen molar-refractivity contribution in [2.75, 3.05) is 19.0 Å². The Morgan fingerprint density at radius 3 is 2.92 bits per heavy atom. The number of rotatable bonds is 4. The quantitative estimate of drug-likeness (QED) is 0.706. The Bertz CT molecular complexity index is 933. The van der Waals surface area contributed by atoms with E-state index in [9.17, 15) is 0 Å². The minimum absolute atomic E-state index is 0.183. The average Bonchev–Trinajstić information content (AvgIpc) is 3.09. The van der Waals surface area contributed by atoms with Gasteiger partial charge in [0.25, 0.3) is 0 Å². The van der Waals surface area contributed by atoms with Crippen LogP contribution in [0.1, 0.15) is 24.4 Å². The zero-order valence-corrected chi connectivity index (χ0v) is 16.0. The molecule has 0 atom stereocenters. The number of para-hydroxylation sites is 1. The molecular weight excluding hydrogens is 344 g/mol. The summed E-state index contributed by atoms with van der Waals surface area (Å²) in [6.45, 7) is 4.96. The summed E-state index contributed by atoms with van der Waals surface area (Å²) in [6.07, 6.45) is 0.773. The van der Waals surface area contributed by atoms with E-state index in [0.29, 0.717) is 0 Å². The SMILES string of the molecule is COc1ccccc1Cc1nc(-c2ccc3c(c2)NCC(C)(C)O3)cs1. The normalized spacial score (nSPS) is 14.9. The first-order chi connectivity index (χ1) is 12.5. The number of hydrogen-bond donors (Lipinski definition) is 1. The van der Waals surface area contributed by atoms with Crippen molar-refractivity contribution < 1.29 is 9.47 Å². The number of ether oxygens (including phenoxy) is 2. The molecule has 26 heavy (non-hydrogen) atoms.